The Hall–Kier alpha value is -1.26. The van der Waals surface area contributed by atoms with E-state index in [2.05, 4.69) is 36.2 Å². The van der Waals surface area contributed by atoms with Crippen LogP contribution in [0.15, 0.2) is 18.2 Å². The van der Waals surface area contributed by atoms with Crippen molar-refractivity contribution in [1.82, 2.24) is 10.2 Å². The molecule has 1 aromatic carbocycles. The van der Waals surface area contributed by atoms with Gasteiger partial charge in [-0.15, -0.1) is 0 Å². The van der Waals surface area contributed by atoms with Crippen molar-refractivity contribution in [2.75, 3.05) is 32.8 Å². The summed E-state index contributed by atoms with van der Waals surface area (Å²) < 4.78 is 11.5. The van der Waals surface area contributed by atoms with Crippen molar-refractivity contribution in [3.05, 3.63) is 23.8 Å². The second kappa shape index (κ2) is 5.62. The van der Waals surface area contributed by atoms with Gasteiger partial charge in [-0.3, -0.25) is 4.90 Å². The SMILES string of the molecule is CC1(C)CNCCN1Cc1ccc2c(c1)OCCCO2. The van der Waals surface area contributed by atoms with E-state index in [9.17, 15) is 0 Å². The van der Waals surface area contributed by atoms with Crippen LogP contribution in [0.5, 0.6) is 11.5 Å². The summed E-state index contributed by atoms with van der Waals surface area (Å²) in [5.41, 5.74) is 1.49. The third-order valence-electron chi connectivity index (χ3n) is 4.16. The summed E-state index contributed by atoms with van der Waals surface area (Å²) in [4.78, 5) is 2.53. The van der Waals surface area contributed by atoms with Gasteiger partial charge in [-0.05, 0) is 31.5 Å². The summed E-state index contributed by atoms with van der Waals surface area (Å²) in [7, 11) is 0. The molecule has 0 unspecified atom stereocenters. The van der Waals surface area contributed by atoms with Gasteiger partial charge in [0.25, 0.3) is 0 Å². The van der Waals surface area contributed by atoms with E-state index in [1.54, 1.807) is 0 Å². The minimum Gasteiger partial charge on any atom is -0.490 e. The first-order chi connectivity index (χ1) is 9.65. The summed E-state index contributed by atoms with van der Waals surface area (Å²) in [6.45, 7) is 10.2. The van der Waals surface area contributed by atoms with Crippen LogP contribution >= 0.6 is 0 Å². The summed E-state index contributed by atoms with van der Waals surface area (Å²) in [5, 5.41) is 3.46. The van der Waals surface area contributed by atoms with E-state index in [0.717, 1.165) is 57.3 Å². The molecule has 0 atom stereocenters. The molecule has 1 N–H and O–H groups in total. The second-order valence-electron chi connectivity index (χ2n) is 6.24. The number of rotatable bonds is 2. The fraction of sp³-hybridized carbons (Fsp3) is 0.625. The van der Waals surface area contributed by atoms with Gasteiger partial charge in [0.15, 0.2) is 11.5 Å². The molecule has 1 saturated heterocycles. The zero-order valence-electron chi connectivity index (χ0n) is 12.4. The Morgan fingerprint density at radius 3 is 2.80 bits per heavy atom. The lowest BCUT2D eigenvalue weighted by Crippen LogP contribution is -2.57. The highest BCUT2D eigenvalue weighted by atomic mass is 16.5. The number of benzene rings is 1. The molecule has 0 spiro atoms. The fourth-order valence-electron chi connectivity index (χ4n) is 2.84. The average Bonchev–Trinajstić information content (AvgIpc) is 2.66. The van der Waals surface area contributed by atoms with Crippen LogP contribution in [0.1, 0.15) is 25.8 Å². The minimum atomic E-state index is 0.197. The van der Waals surface area contributed by atoms with Crippen molar-refractivity contribution in [2.45, 2.75) is 32.4 Å². The summed E-state index contributed by atoms with van der Waals surface area (Å²) >= 11 is 0. The third kappa shape index (κ3) is 2.91. The zero-order valence-corrected chi connectivity index (χ0v) is 12.4. The van der Waals surface area contributed by atoms with Crippen LogP contribution in [0, 0.1) is 0 Å². The first kappa shape index (κ1) is 13.7. The highest BCUT2D eigenvalue weighted by Crippen LogP contribution is 2.31. The van der Waals surface area contributed by atoms with Crippen molar-refractivity contribution < 1.29 is 9.47 Å². The molecular weight excluding hydrogens is 252 g/mol. The molecule has 3 rings (SSSR count). The maximum atomic E-state index is 5.77. The molecule has 2 aliphatic heterocycles. The number of hydrogen-bond donors (Lipinski definition) is 1. The van der Waals surface area contributed by atoms with E-state index >= 15 is 0 Å². The van der Waals surface area contributed by atoms with E-state index < -0.39 is 0 Å². The van der Waals surface area contributed by atoms with Gasteiger partial charge in [0.05, 0.1) is 13.2 Å². The molecule has 2 aliphatic rings. The average molecular weight is 276 g/mol. The maximum Gasteiger partial charge on any atom is 0.161 e. The Bertz CT molecular complexity index is 474. The van der Waals surface area contributed by atoms with Crippen molar-refractivity contribution in [3.8, 4) is 11.5 Å². The quantitative estimate of drug-likeness (QED) is 0.896. The normalized spacial score (nSPS) is 22.3. The third-order valence-corrected chi connectivity index (χ3v) is 4.16. The van der Waals surface area contributed by atoms with Gasteiger partial charge in [0.1, 0.15) is 0 Å². The molecule has 2 heterocycles. The van der Waals surface area contributed by atoms with Crippen LogP contribution in [0.4, 0.5) is 0 Å². The standard InChI is InChI=1S/C16H24N2O2/c1-16(2)12-17-6-7-18(16)11-13-4-5-14-15(10-13)20-9-3-8-19-14/h4-5,10,17H,3,6-9,11-12H2,1-2H3. The largest absolute Gasteiger partial charge is 0.490 e. The Balaban J connectivity index is 1.76. The molecular formula is C16H24N2O2. The van der Waals surface area contributed by atoms with Crippen molar-refractivity contribution in [3.63, 3.8) is 0 Å². The Morgan fingerprint density at radius 2 is 2.00 bits per heavy atom. The lowest BCUT2D eigenvalue weighted by atomic mass is 9.99. The summed E-state index contributed by atoms with van der Waals surface area (Å²) in [6, 6.07) is 6.34. The predicted molar refractivity (Wildman–Crippen MR) is 79.4 cm³/mol. The Labute approximate surface area is 121 Å². The zero-order chi connectivity index (χ0) is 14.0. The molecule has 0 radical (unpaired) electrons. The maximum absolute atomic E-state index is 5.77. The van der Waals surface area contributed by atoms with Crippen molar-refractivity contribution in [2.24, 2.45) is 0 Å². The van der Waals surface area contributed by atoms with Crippen LogP contribution < -0.4 is 14.8 Å². The molecule has 20 heavy (non-hydrogen) atoms. The summed E-state index contributed by atoms with van der Waals surface area (Å²) in [5.74, 6) is 1.78. The monoisotopic (exact) mass is 276 g/mol. The molecule has 1 fully saturated rings. The molecule has 0 saturated carbocycles. The van der Waals surface area contributed by atoms with Gasteiger partial charge in [-0.2, -0.15) is 0 Å². The number of hydrogen-bond acceptors (Lipinski definition) is 4. The Kier molecular flexibility index (Phi) is 3.85. The molecule has 110 valence electrons. The number of nitrogens with one attached hydrogen (secondary N) is 1. The van der Waals surface area contributed by atoms with Gasteiger partial charge < -0.3 is 14.8 Å². The first-order valence-corrected chi connectivity index (χ1v) is 7.49. The van der Waals surface area contributed by atoms with E-state index in [0.29, 0.717) is 0 Å². The molecule has 0 aliphatic carbocycles. The van der Waals surface area contributed by atoms with Crippen LogP contribution in [0.25, 0.3) is 0 Å². The van der Waals surface area contributed by atoms with E-state index in [1.165, 1.54) is 5.56 Å². The number of fused-ring (bicyclic) bond motifs is 1. The van der Waals surface area contributed by atoms with Crippen LogP contribution in [0.2, 0.25) is 0 Å². The minimum absolute atomic E-state index is 0.197. The van der Waals surface area contributed by atoms with E-state index in [4.69, 9.17) is 9.47 Å². The fourth-order valence-corrected chi connectivity index (χ4v) is 2.84. The Morgan fingerprint density at radius 1 is 1.20 bits per heavy atom. The molecule has 0 bridgehead atoms. The highest BCUT2D eigenvalue weighted by Gasteiger charge is 2.29. The van der Waals surface area contributed by atoms with Gasteiger partial charge >= 0.3 is 0 Å². The van der Waals surface area contributed by atoms with Crippen molar-refractivity contribution >= 4 is 0 Å². The number of piperazine rings is 1. The molecule has 0 amide bonds. The van der Waals surface area contributed by atoms with Crippen LogP contribution in [-0.4, -0.2) is 43.3 Å². The summed E-state index contributed by atoms with van der Waals surface area (Å²) in [6.07, 6.45) is 0.953. The molecule has 1 aromatic rings. The van der Waals surface area contributed by atoms with E-state index in [-0.39, 0.29) is 5.54 Å². The number of ether oxygens (including phenoxy) is 2. The van der Waals surface area contributed by atoms with Crippen LogP contribution in [-0.2, 0) is 6.54 Å². The molecule has 0 aromatic heterocycles. The van der Waals surface area contributed by atoms with Crippen LogP contribution in [0.3, 0.4) is 0 Å². The first-order valence-electron chi connectivity index (χ1n) is 7.49. The topological polar surface area (TPSA) is 33.7 Å². The second-order valence-corrected chi connectivity index (χ2v) is 6.24. The molecule has 4 nitrogen and oxygen atoms in total. The van der Waals surface area contributed by atoms with Gasteiger partial charge in [0.2, 0.25) is 0 Å². The highest BCUT2D eigenvalue weighted by molar-refractivity contribution is 5.43. The lowest BCUT2D eigenvalue weighted by molar-refractivity contribution is 0.0826. The smallest absolute Gasteiger partial charge is 0.161 e. The van der Waals surface area contributed by atoms with Gasteiger partial charge in [0, 0.05) is 38.1 Å². The lowest BCUT2D eigenvalue weighted by Gasteiger charge is -2.43. The number of nitrogens with zero attached hydrogens (tertiary/aromatic N) is 1. The van der Waals surface area contributed by atoms with Gasteiger partial charge in [-0.25, -0.2) is 0 Å². The van der Waals surface area contributed by atoms with Gasteiger partial charge in [-0.1, -0.05) is 6.07 Å². The predicted octanol–water partition coefficient (Wildman–Crippen LogP) is 2.03. The van der Waals surface area contributed by atoms with Crippen molar-refractivity contribution in [1.29, 1.82) is 0 Å². The van der Waals surface area contributed by atoms with E-state index in [1.807, 2.05) is 6.07 Å². The molecule has 4 heteroatoms.